The van der Waals surface area contributed by atoms with Crippen molar-refractivity contribution in [1.82, 2.24) is 9.88 Å². The monoisotopic (exact) mass is 367 g/mol. The summed E-state index contributed by atoms with van der Waals surface area (Å²) in [6, 6.07) is 12.2. The van der Waals surface area contributed by atoms with E-state index >= 15 is 0 Å². The number of fused-ring (bicyclic) bond motifs is 3. The molecule has 0 aliphatic carbocycles. The predicted octanol–water partition coefficient (Wildman–Crippen LogP) is 4.18. The van der Waals surface area contributed by atoms with Crippen LogP contribution < -0.4 is 5.32 Å². The first-order valence-electron chi connectivity index (χ1n) is 9.06. The number of nitrogens with zero attached hydrogens (tertiary/aromatic N) is 2. The number of benzene rings is 2. The van der Waals surface area contributed by atoms with Crippen molar-refractivity contribution in [1.29, 1.82) is 0 Å². The second kappa shape index (κ2) is 7.41. The van der Waals surface area contributed by atoms with Gasteiger partial charge in [0, 0.05) is 18.4 Å². The largest absolute Gasteiger partial charge is 0.333 e. The number of carbonyl (C=O) groups excluding carboxylic acids is 2. The van der Waals surface area contributed by atoms with Crippen molar-refractivity contribution in [3.63, 3.8) is 0 Å². The fourth-order valence-corrected chi connectivity index (χ4v) is 4.33. The molecule has 1 saturated heterocycles. The molecule has 5 nitrogen and oxygen atoms in total. The van der Waals surface area contributed by atoms with E-state index in [9.17, 15) is 9.59 Å². The Bertz CT molecular complexity index is 966. The minimum absolute atomic E-state index is 0.0788. The molecule has 26 heavy (non-hydrogen) atoms. The van der Waals surface area contributed by atoms with Gasteiger partial charge in [0.15, 0.2) is 5.13 Å². The first kappa shape index (κ1) is 17.0. The number of aromatic nitrogens is 1. The summed E-state index contributed by atoms with van der Waals surface area (Å²) < 4.78 is 1.04. The maximum atomic E-state index is 12.4. The molecule has 0 bridgehead atoms. The maximum absolute atomic E-state index is 12.4. The maximum Gasteiger partial charge on any atom is 0.245 e. The molecule has 1 aromatic heterocycles. The summed E-state index contributed by atoms with van der Waals surface area (Å²) in [7, 11) is 0. The van der Waals surface area contributed by atoms with Crippen LogP contribution in [0, 0.1) is 0 Å². The van der Waals surface area contributed by atoms with Crippen LogP contribution in [0.5, 0.6) is 0 Å². The Balaban J connectivity index is 1.50. The number of nitrogens with one attached hydrogen (secondary N) is 1. The van der Waals surface area contributed by atoms with E-state index in [0.717, 1.165) is 46.7 Å². The lowest BCUT2D eigenvalue weighted by atomic mass is 10.1. The van der Waals surface area contributed by atoms with E-state index in [1.807, 2.05) is 24.3 Å². The van der Waals surface area contributed by atoms with Crippen molar-refractivity contribution < 1.29 is 9.59 Å². The molecule has 0 spiro atoms. The molecular formula is C20H21N3O2S. The van der Waals surface area contributed by atoms with Gasteiger partial charge >= 0.3 is 0 Å². The molecule has 2 heterocycles. The van der Waals surface area contributed by atoms with Gasteiger partial charge < -0.3 is 10.2 Å². The Kier molecular flexibility index (Phi) is 4.84. The van der Waals surface area contributed by atoms with Gasteiger partial charge in [0.25, 0.3) is 0 Å². The van der Waals surface area contributed by atoms with Gasteiger partial charge in [-0.15, -0.1) is 0 Å². The van der Waals surface area contributed by atoms with E-state index in [-0.39, 0.29) is 18.4 Å². The molecular weight excluding hydrogens is 346 g/mol. The zero-order valence-corrected chi connectivity index (χ0v) is 15.3. The highest BCUT2D eigenvalue weighted by molar-refractivity contribution is 7.22. The molecule has 0 radical (unpaired) electrons. The van der Waals surface area contributed by atoms with Crippen molar-refractivity contribution in [3.8, 4) is 0 Å². The van der Waals surface area contributed by atoms with Gasteiger partial charge in [-0.3, -0.25) is 9.59 Å². The van der Waals surface area contributed by atoms with E-state index in [1.54, 1.807) is 4.90 Å². The van der Waals surface area contributed by atoms with Crippen molar-refractivity contribution in [2.24, 2.45) is 0 Å². The van der Waals surface area contributed by atoms with E-state index in [0.29, 0.717) is 18.1 Å². The zero-order chi connectivity index (χ0) is 17.9. The molecule has 0 atom stereocenters. The van der Waals surface area contributed by atoms with Crippen molar-refractivity contribution in [2.75, 3.05) is 18.4 Å². The summed E-state index contributed by atoms with van der Waals surface area (Å²) >= 11 is 1.46. The SMILES string of the molecule is O=C(CN1CCCCCCC1=O)Nc1nc2c(ccc3ccccc32)s1. The molecule has 6 heteroatoms. The molecule has 1 aliphatic heterocycles. The van der Waals surface area contributed by atoms with E-state index in [2.05, 4.69) is 22.4 Å². The second-order valence-electron chi connectivity index (χ2n) is 6.68. The van der Waals surface area contributed by atoms with E-state index < -0.39 is 0 Å². The van der Waals surface area contributed by atoms with Crippen LogP contribution >= 0.6 is 11.3 Å². The third-order valence-electron chi connectivity index (χ3n) is 4.79. The van der Waals surface area contributed by atoms with Gasteiger partial charge in [0.2, 0.25) is 11.8 Å². The standard InChI is InChI=1S/C20H21N3O2S/c24-17(13-23-12-6-2-1-3-9-18(23)25)21-20-22-19-15-8-5-4-7-14(15)10-11-16(19)26-20/h4-5,7-8,10-11H,1-3,6,9,12-13H2,(H,21,22,24). The van der Waals surface area contributed by atoms with Crippen LogP contribution in [0.25, 0.3) is 21.0 Å². The number of carbonyl (C=O) groups is 2. The van der Waals surface area contributed by atoms with Gasteiger partial charge in [-0.2, -0.15) is 0 Å². The highest BCUT2D eigenvalue weighted by Crippen LogP contribution is 2.31. The molecule has 1 aliphatic rings. The number of hydrogen-bond acceptors (Lipinski definition) is 4. The van der Waals surface area contributed by atoms with Gasteiger partial charge in [-0.05, 0) is 24.3 Å². The normalized spacial score (nSPS) is 15.8. The van der Waals surface area contributed by atoms with Crippen molar-refractivity contribution in [3.05, 3.63) is 36.4 Å². The molecule has 0 saturated carbocycles. The molecule has 1 fully saturated rings. The van der Waals surface area contributed by atoms with Crippen LogP contribution in [0.1, 0.15) is 32.1 Å². The van der Waals surface area contributed by atoms with Crippen LogP contribution in [0.15, 0.2) is 36.4 Å². The topological polar surface area (TPSA) is 62.3 Å². The van der Waals surface area contributed by atoms with E-state index in [1.165, 1.54) is 11.3 Å². The summed E-state index contributed by atoms with van der Waals surface area (Å²) in [6.07, 6.45) is 4.65. The summed E-state index contributed by atoms with van der Waals surface area (Å²) in [4.78, 5) is 30.9. The molecule has 1 N–H and O–H groups in total. The molecule has 2 amide bonds. The third kappa shape index (κ3) is 3.55. The highest BCUT2D eigenvalue weighted by Gasteiger charge is 2.19. The molecule has 4 rings (SSSR count). The smallest absolute Gasteiger partial charge is 0.245 e. The number of hydrogen-bond donors (Lipinski definition) is 1. The Morgan fingerprint density at radius 1 is 1.12 bits per heavy atom. The van der Waals surface area contributed by atoms with Crippen LogP contribution in [-0.4, -0.2) is 34.8 Å². The van der Waals surface area contributed by atoms with Crippen molar-refractivity contribution >= 4 is 49.3 Å². The third-order valence-corrected chi connectivity index (χ3v) is 5.72. The Labute approximate surface area is 156 Å². The van der Waals surface area contributed by atoms with Gasteiger partial charge in [-0.1, -0.05) is 54.5 Å². The minimum Gasteiger partial charge on any atom is -0.333 e. The number of rotatable bonds is 3. The fraction of sp³-hybridized carbons (Fsp3) is 0.350. The average molecular weight is 367 g/mol. The molecule has 0 unspecified atom stereocenters. The highest BCUT2D eigenvalue weighted by atomic mass is 32.1. The fourth-order valence-electron chi connectivity index (χ4n) is 3.43. The Hall–Kier alpha value is -2.47. The number of thiazole rings is 1. The first-order valence-corrected chi connectivity index (χ1v) is 9.88. The molecule has 2 aromatic carbocycles. The van der Waals surface area contributed by atoms with Crippen LogP contribution in [0.2, 0.25) is 0 Å². The van der Waals surface area contributed by atoms with Crippen LogP contribution in [0.4, 0.5) is 5.13 Å². The van der Waals surface area contributed by atoms with Gasteiger partial charge in [-0.25, -0.2) is 4.98 Å². The number of likely N-dealkylation sites (tertiary alicyclic amines) is 1. The molecule has 3 aromatic rings. The lowest BCUT2D eigenvalue weighted by Crippen LogP contribution is -2.39. The zero-order valence-electron chi connectivity index (χ0n) is 14.5. The Morgan fingerprint density at radius 3 is 2.88 bits per heavy atom. The first-order chi connectivity index (χ1) is 12.7. The van der Waals surface area contributed by atoms with Crippen molar-refractivity contribution in [2.45, 2.75) is 32.1 Å². The number of anilines is 1. The minimum atomic E-state index is -0.178. The predicted molar refractivity (Wildman–Crippen MR) is 105 cm³/mol. The summed E-state index contributed by atoms with van der Waals surface area (Å²) in [5.74, 6) is -0.0996. The van der Waals surface area contributed by atoms with E-state index in [4.69, 9.17) is 0 Å². The average Bonchev–Trinajstić information content (AvgIpc) is 3.04. The summed E-state index contributed by atoms with van der Waals surface area (Å²) in [5.41, 5.74) is 0.908. The quantitative estimate of drug-likeness (QED) is 0.755. The van der Waals surface area contributed by atoms with Crippen LogP contribution in [-0.2, 0) is 9.59 Å². The van der Waals surface area contributed by atoms with Gasteiger partial charge in [0.05, 0.1) is 16.8 Å². The number of amides is 2. The lowest BCUT2D eigenvalue weighted by Gasteiger charge is -2.23. The lowest BCUT2D eigenvalue weighted by molar-refractivity contribution is -0.135. The van der Waals surface area contributed by atoms with Gasteiger partial charge in [0.1, 0.15) is 0 Å². The summed E-state index contributed by atoms with van der Waals surface area (Å²) in [6.45, 7) is 0.770. The second-order valence-corrected chi connectivity index (χ2v) is 7.71. The molecule has 134 valence electrons. The van der Waals surface area contributed by atoms with Crippen LogP contribution in [0.3, 0.4) is 0 Å². The summed E-state index contributed by atoms with van der Waals surface area (Å²) in [5, 5.41) is 5.68. The Morgan fingerprint density at radius 2 is 1.96 bits per heavy atom.